The summed E-state index contributed by atoms with van der Waals surface area (Å²) in [7, 11) is 1.60. The molecule has 0 aromatic carbocycles. The highest BCUT2D eigenvalue weighted by molar-refractivity contribution is 6.65. The number of halogens is 1. The normalized spacial score (nSPS) is 15.7. The first-order valence-corrected chi connectivity index (χ1v) is 7.65. The Morgan fingerprint density at radius 2 is 1.83 bits per heavy atom. The summed E-state index contributed by atoms with van der Waals surface area (Å²) in [5.74, 6) is -1.68. The second-order valence-corrected chi connectivity index (χ2v) is 6.58. The number of piperazine rings is 1. The van der Waals surface area contributed by atoms with Crippen LogP contribution in [0.2, 0.25) is 0 Å². The fourth-order valence-electron chi connectivity index (χ4n) is 1.99. The molecule has 1 saturated heterocycles. The maximum absolute atomic E-state index is 11.9. The number of rotatable bonds is 4. The molecule has 8 nitrogen and oxygen atoms in total. The standard InChI is InChI=1S/C14H22ClN3O5/c1-14(2,3)23-13(22)16(4)6-5-7-17-8-9-18(12(15)21)11(20)10(17)19/h5-9H2,1-4H3. The lowest BCUT2D eigenvalue weighted by Crippen LogP contribution is -2.55. The number of ether oxygens (including phenoxy) is 1. The number of imide groups is 1. The molecule has 0 aromatic heterocycles. The van der Waals surface area contributed by atoms with Crippen LogP contribution in [0.15, 0.2) is 0 Å². The highest BCUT2D eigenvalue weighted by atomic mass is 35.5. The molecular weight excluding hydrogens is 326 g/mol. The minimum absolute atomic E-state index is 0.0782. The predicted octanol–water partition coefficient (Wildman–Crippen LogP) is 1.27. The van der Waals surface area contributed by atoms with Gasteiger partial charge < -0.3 is 14.5 Å². The van der Waals surface area contributed by atoms with Crippen molar-refractivity contribution in [3.8, 4) is 0 Å². The zero-order chi connectivity index (χ0) is 17.8. The molecule has 1 fully saturated rings. The monoisotopic (exact) mass is 347 g/mol. The maximum atomic E-state index is 11.9. The highest BCUT2D eigenvalue weighted by Crippen LogP contribution is 2.11. The molecule has 1 aliphatic rings. The average Bonchev–Trinajstić information content (AvgIpc) is 2.41. The first-order chi connectivity index (χ1) is 10.5. The lowest BCUT2D eigenvalue weighted by Gasteiger charge is -2.31. The van der Waals surface area contributed by atoms with Crippen molar-refractivity contribution in [2.75, 3.05) is 33.2 Å². The van der Waals surface area contributed by atoms with Gasteiger partial charge in [-0.1, -0.05) is 0 Å². The number of hydrogen-bond acceptors (Lipinski definition) is 5. The van der Waals surface area contributed by atoms with Gasteiger partial charge in [-0.05, 0) is 38.8 Å². The van der Waals surface area contributed by atoms with Crippen LogP contribution in [-0.2, 0) is 14.3 Å². The van der Waals surface area contributed by atoms with E-state index in [1.165, 1.54) is 9.80 Å². The number of carbonyl (C=O) groups excluding carboxylic acids is 4. The van der Waals surface area contributed by atoms with Crippen LogP contribution in [0.3, 0.4) is 0 Å². The van der Waals surface area contributed by atoms with Crippen molar-refractivity contribution in [3.05, 3.63) is 0 Å². The van der Waals surface area contributed by atoms with E-state index in [1.807, 2.05) is 0 Å². The summed E-state index contributed by atoms with van der Waals surface area (Å²) in [6.45, 7) is 6.34. The summed E-state index contributed by atoms with van der Waals surface area (Å²) in [4.78, 5) is 49.8. The SMILES string of the molecule is CN(CCCN1CCN(C(=O)Cl)C(=O)C1=O)C(=O)OC(C)(C)C. The van der Waals surface area contributed by atoms with Gasteiger partial charge in [0.15, 0.2) is 0 Å². The van der Waals surface area contributed by atoms with Crippen LogP contribution in [0.25, 0.3) is 0 Å². The third kappa shape index (κ3) is 5.70. The van der Waals surface area contributed by atoms with Gasteiger partial charge in [0, 0.05) is 33.2 Å². The largest absolute Gasteiger partial charge is 0.444 e. The molecule has 0 N–H and O–H groups in total. The molecule has 1 aliphatic heterocycles. The van der Waals surface area contributed by atoms with Gasteiger partial charge >= 0.3 is 23.3 Å². The summed E-state index contributed by atoms with van der Waals surface area (Å²) in [5.41, 5.74) is -0.571. The van der Waals surface area contributed by atoms with Crippen LogP contribution >= 0.6 is 11.6 Å². The lowest BCUT2D eigenvalue weighted by atomic mass is 10.2. The molecule has 1 rings (SSSR count). The third-order valence-electron chi connectivity index (χ3n) is 3.15. The molecule has 1 heterocycles. The molecule has 0 radical (unpaired) electrons. The summed E-state index contributed by atoms with van der Waals surface area (Å²) < 4.78 is 5.21. The number of amides is 4. The molecule has 9 heteroatoms. The Balaban J connectivity index is 2.42. The molecule has 4 amide bonds. The summed E-state index contributed by atoms with van der Waals surface area (Å²) >= 11 is 5.24. The Morgan fingerprint density at radius 3 is 2.35 bits per heavy atom. The number of nitrogens with zero attached hydrogens (tertiary/aromatic N) is 3. The third-order valence-corrected chi connectivity index (χ3v) is 3.35. The van der Waals surface area contributed by atoms with Gasteiger partial charge in [-0.2, -0.15) is 0 Å². The van der Waals surface area contributed by atoms with E-state index >= 15 is 0 Å². The van der Waals surface area contributed by atoms with Crippen molar-refractivity contribution in [1.29, 1.82) is 0 Å². The zero-order valence-electron chi connectivity index (χ0n) is 13.8. The molecule has 0 bridgehead atoms. The van der Waals surface area contributed by atoms with Gasteiger partial charge in [-0.3, -0.25) is 19.3 Å². The fourth-order valence-corrected chi connectivity index (χ4v) is 2.15. The van der Waals surface area contributed by atoms with Gasteiger partial charge in [-0.15, -0.1) is 0 Å². The topological polar surface area (TPSA) is 87.2 Å². The van der Waals surface area contributed by atoms with Crippen molar-refractivity contribution in [2.45, 2.75) is 32.8 Å². The molecule has 0 atom stereocenters. The van der Waals surface area contributed by atoms with Gasteiger partial charge in [0.1, 0.15) is 5.60 Å². The van der Waals surface area contributed by atoms with Crippen LogP contribution in [0.1, 0.15) is 27.2 Å². The molecule has 0 aliphatic carbocycles. The van der Waals surface area contributed by atoms with Crippen molar-refractivity contribution < 1.29 is 23.9 Å². The first kappa shape index (κ1) is 19.2. The minimum atomic E-state index is -0.951. The van der Waals surface area contributed by atoms with Gasteiger partial charge in [0.05, 0.1) is 0 Å². The van der Waals surface area contributed by atoms with Crippen molar-refractivity contribution in [2.24, 2.45) is 0 Å². The summed E-state index contributed by atoms with van der Waals surface area (Å²) in [5, 5.41) is -0.951. The Bertz CT molecular complexity index is 503. The van der Waals surface area contributed by atoms with E-state index in [4.69, 9.17) is 16.3 Å². The lowest BCUT2D eigenvalue weighted by molar-refractivity contribution is -0.153. The quantitative estimate of drug-likeness (QED) is 0.434. The van der Waals surface area contributed by atoms with E-state index in [0.717, 1.165) is 0 Å². The second-order valence-electron chi connectivity index (χ2n) is 6.26. The van der Waals surface area contributed by atoms with E-state index in [9.17, 15) is 19.2 Å². The molecule has 0 spiro atoms. The van der Waals surface area contributed by atoms with E-state index in [-0.39, 0.29) is 13.1 Å². The van der Waals surface area contributed by atoms with Crippen LogP contribution in [-0.4, -0.2) is 76.8 Å². The minimum Gasteiger partial charge on any atom is -0.444 e. The molecule has 0 unspecified atom stereocenters. The number of hydrogen-bond donors (Lipinski definition) is 0. The Morgan fingerprint density at radius 1 is 1.22 bits per heavy atom. The first-order valence-electron chi connectivity index (χ1n) is 7.27. The van der Waals surface area contributed by atoms with E-state index in [2.05, 4.69) is 0 Å². The smallest absolute Gasteiger partial charge is 0.410 e. The Labute approximate surface area is 140 Å². The number of carbonyl (C=O) groups is 4. The fraction of sp³-hybridized carbons (Fsp3) is 0.714. The van der Waals surface area contributed by atoms with Gasteiger partial charge in [0.2, 0.25) is 0 Å². The predicted molar refractivity (Wildman–Crippen MR) is 83.0 cm³/mol. The highest BCUT2D eigenvalue weighted by Gasteiger charge is 2.35. The van der Waals surface area contributed by atoms with E-state index in [1.54, 1.807) is 27.8 Å². The maximum Gasteiger partial charge on any atom is 0.410 e. The van der Waals surface area contributed by atoms with E-state index in [0.29, 0.717) is 24.4 Å². The Hall–Kier alpha value is -1.83. The van der Waals surface area contributed by atoms with Crippen LogP contribution in [0.4, 0.5) is 9.59 Å². The Kier molecular flexibility index (Phi) is 6.37. The molecule has 0 saturated carbocycles. The zero-order valence-corrected chi connectivity index (χ0v) is 14.6. The van der Waals surface area contributed by atoms with E-state index < -0.39 is 28.9 Å². The van der Waals surface area contributed by atoms with Gasteiger partial charge in [0.25, 0.3) is 0 Å². The summed E-state index contributed by atoms with van der Waals surface area (Å²) in [6.07, 6.45) is 0.0429. The average molecular weight is 348 g/mol. The summed E-state index contributed by atoms with van der Waals surface area (Å²) in [6, 6.07) is 0. The molecular formula is C14H22ClN3O5. The van der Waals surface area contributed by atoms with Crippen LogP contribution in [0.5, 0.6) is 0 Å². The second kappa shape index (κ2) is 7.63. The van der Waals surface area contributed by atoms with Crippen molar-refractivity contribution in [1.82, 2.24) is 14.7 Å². The van der Waals surface area contributed by atoms with Crippen molar-refractivity contribution >= 4 is 34.9 Å². The van der Waals surface area contributed by atoms with Crippen LogP contribution in [0, 0.1) is 0 Å². The molecule has 0 aromatic rings. The van der Waals surface area contributed by atoms with Gasteiger partial charge in [-0.25, -0.2) is 4.79 Å². The van der Waals surface area contributed by atoms with Crippen LogP contribution < -0.4 is 0 Å². The molecule has 23 heavy (non-hydrogen) atoms. The molecule has 130 valence electrons. The van der Waals surface area contributed by atoms with Crippen molar-refractivity contribution in [3.63, 3.8) is 0 Å².